The number of aryl methyl sites for hydroxylation is 1. The van der Waals surface area contributed by atoms with Gasteiger partial charge in [-0.3, -0.25) is 9.48 Å². The van der Waals surface area contributed by atoms with Gasteiger partial charge >= 0.3 is 0 Å². The van der Waals surface area contributed by atoms with Gasteiger partial charge in [-0.15, -0.1) is 0 Å². The van der Waals surface area contributed by atoms with Crippen molar-refractivity contribution in [1.29, 1.82) is 0 Å². The summed E-state index contributed by atoms with van der Waals surface area (Å²) in [7, 11) is 0. The topological polar surface area (TPSA) is 56.2 Å². The number of benzene rings is 1. The number of nitrogens with one attached hydrogen (secondary N) is 1. The molecule has 0 aliphatic carbocycles. The summed E-state index contributed by atoms with van der Waals surface area (Å²) in [6.45, 7) is 6.55. The largest absolute Gasteiger partial charge is 0.493 e. The summed E-state index contributed by atoms with van der Waals surface area (Å²) in [4.78, 5) is 12.9. The van der Waals surface area contributed by atoms with Gasteiger partial charge in [-0.05, 0) is 44.0 Å². The van der Waals surface area contributed by atoms with E-state index in [0.717, 1.165) is 18.5 Å². The first kappa shape index (κ1) is 17.5. The molecule has 1 aromatic carbocycles. The molecule has 2 heterocycles. The van der Waals surface area contributed by atoms with Gasteiger partial charge in [-0.25, -0.2) is 4.39 Å². The molecule has 0 spiro atoms. The minimum Gasteiger partial charge on any atom is -0.493 e. The molecule has 1 unspecified atom stereocenters. The van der Waals surface area contributed by atoms with Crippen molar-refractivity contribution in [3.63, 3.8) is 0 Å². The minimum absolute atomic E-state index is 0.186. The second-order valence-electron chi connectivity index (χ2n) is 6.43. The van der Waals surface area contributed by atoms with E-state index in [1.54, 1.807) is 12.1 Å². The van der Waals surface area contributed by atoms with Crippen LogP contribution in [0.25, 0.3) is 0 Å². The van der Waals surface area contributed by atoms with E-state index in [0.29, 0.717) is 30.0 Å². The maximum absolute atomic E-state index is 13.6. The minimum atomic E-state index is -0.332. The Balaban J connectivity index is 1.86. The number of carbonyl (C=O) groups excluding carboxylic acids is 1. The van der Waals surface area contributed by atoms with Crippen LogP contribution in [0.15, 0.2) is 24.3 Å². The van der Waals surface area contributed by atoms with Crippen molar-refractivity contribution < 1.29 is 13.9 Å². The highest BCUT2D eigenvalue weighted by molar-refractivity contribution is 5.93. The first-order valence-electron chi connectivity index (χ1n) is 8.82. The number of hydrogen-bond donors (Lipinski definition) is 1. The summed E-state index contributed by atoms with van der Waals surface area (Å²) in [6.07, 6.45) is 2.42. The van der Waals surface area contributed by atoms with Crippen LogP contribution in [0.1, 0.15) is 66.9 Å². The number of ether oxygens (including phenoxy) is 1. The Morgan fingerprint density at radius 3 is 2.88 bits per heavy atom. The van der Waals surface area contributed by atoms with Gasteiger partial charge in [0.05, 0.1) is 24.4 Å². The molecule has 3 rings (SSSR count). The second-order valence-corrected chi connectivity index (χ2v) is 6.43. The van der Waals surface area contributed by atoms with Crippen LogP contribution >= 0.6 is 0 Å². The zero-order valence-corrected chi connectivity index (χ0v) is 14.9. The standard InChI is InChI=1S/C19H24FN3O2/c1-4-14(5-2)23-17(10-12(3)22-23)19(24)21-16-8-9-25-18-7-6-13(20)11-15(16)18/h6-7,10-11,14,16H,4-5,8-9H2,1-3H3,(H,21,24). The van der Waals surface area contributed by atoms with Crippen molar-refractivity contribution >= 4 is 5.91 Å². The van der Waals surface area contributed by atoms with Crippen LogP contribution in [0, 0.1) is 12.7 Å². The smallest absolute Gasteiger partial charge is 0.270 e. The normalized spacial score (nSPS) is 16.4. The average molecular weight is 345 g/mol. The third kappa shape index (κ3) is 3.52. The number of amides is 1. The Kier molecular flexibility index (Phi) is 5.06. The summed E-state index contributed by atoms with van der Waals surface area (Å²) in [5, 5.41) is 7.53. The summed E-state index contributed by atoms with van der Waals surface area (Å²) in [5.74, 6) is 0.110. The first-order valence-corrected chi connectivity index (χ1v) is 8.82. The zero-order chi connectivity index (χ0) is 18.0. The molecule has 1 atom stereocenters. The van der Waals surface area contributed by atoms with Crippen molar-refractivity contribution in [3.8, 4) is 5.75 Å². The summed E-state index contributed by atoms with van der Waals surface area (Å²) in [6, 6.07) is 6.14. The second kappa shape index (κ2) is 7.25. The van der Waals surface area contributed by atoms with Crippen LogP contribution in [-0.2, 0) is 0 Å². The predicted molar refractivity (Wildman–Crippen MR) is 93.3 cm³/mol. The lowest BCUT2D eigenvalue weighted by Gasteiger charge is -2.27. The van der Waals surface area contributed by atoms with Crippen molar-refractivity contribution in [2.75, 3.05) is 6.61 Å². The fourth-order valence-corrected chi connectivity index (χ4v) is 3.35. The quantitative estimate of drug-likeness (QED) is 0.893. The Morgan fingerprint density at radius 1 is 1.40 bits per heavy atom. The maximum atomic E-state index is 13.6. The molecular weight excluding hydrogens is 321 g/mol. The average Bonchev–Trinajstić information content (AvgIpc) is 2.98. The third-order valence-corrected chi connectivity index (χ3v) is 4.70. The molecule has 1 aliphatic rings. The highest BCUT2D eigenvalue weighted by atomic mass is 19.1. The van der Waals surface area contributed by atoms with E-state index >= 15 is 0 Å². The van der Waals surface area contributed by atoms with Gasteiger partial charge in [0.2, 0.25) is 0 Å². The summed E-state index contributed by atoms with van der Waals surface area (Å²) in [5.41, 5.74) is 2.05. The number of fused-ring (bicyclic) bond motifs is 1. The lowest BCUT2D eigenvalue weighted by molar-refractivity contribution is 0.0910. The Hall–Kier alpha value is -2.37. The monoisotopic (exact) mass is 345 g/mol. The lowest BCUT2D eigenvalue weighted by Crippen LogP contribution is -2.34. The van der Waals surface area contributed by atoms with Crippen LogP contribution in [0.2, 0.25) is 0 Å². The van der Waals surface area contributed by atoms with E-state index in [4.69, 9.17) is 4.74 Å². The van der Waals surface area contributed by atoms with Crippen molar-refractivity contribution in [2.45, 2.75) is 52.1 Å². The van der Waals surface area contributed by atoms with E-state index in [-0.39, 0.29) is 23.8 Å². The van der Waals surface area contributed by atoms with E-state index in [9.17, 15) is 9.18 Å². The van der Waals surface area contributed by atoms with Crippen molar-refractivity contribution in [1.82, 2.24) is 15.1 Å². The predicted octanol–water partition coefficient (Wildman–Crippen LogP) is 3.95. The molecule has 2 aromatic rings. The zero-order valence-electron chi connectivity index (χ0n) is 14.9. The fourth-order valence-electron chi connectivity index (χ4n) is 3.35. The number of hydrogen-bond acceptors (Lipinski definition) is 3. The molecule has 1 N–H and O–H groups in total. The van der Waals surface area contributed by atoms with Crippen molar-refractivity contribution in [2.24, 2.45) is 0 Å². The number of nitrogens with zero attached hydrogens (tertiary/aromatic N) is 2. The highest BCUT2D eigenvalue weighted by Crippen LogP contribution is 2.32. The highest BCUT2D eigenvalue weighted by Gasteiger charge is 2.26. The van der Waals surface area contributed by atoms with E-state index in [1.807, 2.05) is 11.6 Å². The Bertz CT molecular complexity index is 768. The van der Waals surface area contributed by atoms with E-state index < -0.39 is 0 Å². The van der Waals surface area contributed by atoms with Crippen LogP contribution in [-0.4, -0.2) is 22.3 Å². The maximum Gasteiger partial charge on any atom is 0.270 e. The van der Waals surface area contributed by atoms with E-state index in [2.05, 4.69) is 24.3 Å². The number of carbonyl (C=O) groups is 1. The molecule has 0 radical (unpaired) electrons. The van der Waals surface area contributed by atoms with Gasteiger partial charge in [-0.2, -0.15) is 5.10 Å². The number of rotatable bonds is 5. The third-order valence-electron chi connectivity index (χ3n) is 4.70. The summed E-state index contributed by atoms with van der Waals surface area (Å²) < 4.78 is 21.0. The van der Waals surface area contributed by atoms with E-state index in [1.165, 1.54) is 12.1 Å². The lowest BCUT2D eigenvalue weighted by atomic mass is 10.00. The number of aromatic nitrogens is 2. The molecule has 134 valence electrons. The SMILES string of the molecule is CCC(CC)n1nc(C)cc1C(=O)NC1CCOc2ccc(F)cc21. The van der Waals surface area contributed by atoms with Gasteiger partial charge in [0.1, 0.15) is 17.3 Å². The molecule has 1 aromatic heterocycles. The molecule has 6 heteroatoms. The molecule has 1 aliphatic heterocycles. The molecular formula is C19H24FN3O2. The van der Waals surface area contributed by atoms with Gasteiger partial charge in [0.15, 0.2) is 0 Å². The van der Waals surface area contributed by atoms with Crippen LogP contribution in [0.5, 0.6) is 5.75 Å². The molecule has 25 heavy (non-hydrogen) atoms. The molecule has 5 nitrogen and oxygen atoms in total. The molecule has 0 fully saturated rings. The van der Waals surface area contributed by atoms with Gasteiger partial charge in [0.25, 0.3) is 5.91 Å². The molecule has 0 bridgehead atoms. The van der Waals surface area contributed by atoms with Gasteiger partial charge in [-0.1, -0.05) is 13.8 Å². The van der Waals surface area contributed by atoms with Crippen LogP contribution in [0.4, 0.5) is 4.39 Å². The van der Waals surface area contributed by atoms with Crippen LogP contribution < -0.4 is 10.1 Å². The molecule has 0 saturated carbocycles. The first-order chi connectivity index (χ1) is 12.0. The van der Waals surface area contributed by atoms with Gasteiger partial charge in [0, 0.05) is 12.0 Å². The van der Waals surface area contributed by atoms with Crippen molar-refractivity contribution in [3.05, 3.63) is 47.0 Å². The Labute approximate surface area is 147 Å². The fraction of sp³-hybridized carbons (Fsp3) is 0.474. The van der Waals surface area contributed by atoms with Gasteiger partial charge < -0.3 is 10.1 Å². The molecule has 1 amide bonds. The summed E-state index contributed by atoms with van der Waals surface area (Å²) >= 11 is 0. The molecule has 0 saturated heterocycles. The number of halogens is 1. The van der Waals surface area contributed by atoms with Crippen LogP contribution in [0.3, 0.4) is 0 Å². The Morgan fingerprint density at radius 2 is 2.16 bits per heavy atom.